The highest BCUT2D eigenvalue weighted by Crippen LogP contribution is 2.19. The molecule has 2 aromatic carbocycles. The number of amides is 1. The van der Waals surface area contributed by atoms with Gasteiger partial charge in [0, 0.05) is 5.56 Å². The molecule has 1 N–H and O–H groups in total. The van der Waals surface area contributed by atoms with Crippen LogP contribution in [-0.2, 0) is 9.53 Å². The zero-order valence-electron chi connectivity index (χ0n) is 12.7. The summed E-state index contributed by atoms with van der Waals surface area (Å²) in [4.78, 5) is 23.7. The molecule has 4 heteroatoms. The molecule has 1 amide bonds. The topological polar surface area (TPSA) is 55.4 Å². The first-order valence-corrected chi connectivity index (χ1v) is 7.20. The third-order valence-corrected chi connectivity index (χ3v) is 3.45. The van der Waals surface area contributed by atoms with Crippen molar-refractivity contribution in [2.24, 2.45) is 0 Å². The summed E-state index contributed by atoms with van der Waals surface area (Å²) in [7, 11) is 1.31. The van der Waals surface area contributed by atoms with Crippen LogP contribution >= 0.6 is 0 Å². The van der Waals surface area contributed by atoms with E-state index in [0.29, 0.717) is 12.0 Å². The summed E-state index contributed by atoms with van der Waals surface area (Å²) in [6.45, 7) is 1.82. The van der Waals surface area contributed by atoms with E-state index in [4.69, 9.17) is 0 Å². The SMILES string of the molecule is CC[C@@H](NC(=O)c1ccc(-c2ccccc2)cc1)C(=O)OC. The van der Waals surface area contributed by atoms with E-state index in [9.17, 15) is 9.59 Å². The first-order chi connectivity index (χ1) is 10.7. The third-order valence-electron chi connectivity index (χ3n) is 3.45. The molecular formula is C18H19NO3. The van der Waals surface area contributed by atoms with Crippen molar-refractivity contribution in [3.8, 4) is 11.1 Å². The van der Waals surface area contributed by atoms with E-state index in [0.717, 1.165) is 11.1 Å². The maximum atomic E-state index is 12.2. The summed E-state index contributed by atoms with van der Waals surface area (Å²) in [5.41, 5.74) is 2.65. The summed E-state index contributed by atoms with van der Waals surface area (Å²) >= 11 is 0. The average molecular weight is 297 g/mol. The highest BCUT2D eigenvalue weighted by Gasteiger charge is 2.19. The summed E-state index contributed by atoms with van der Waals surface area (Å²) in [6, 6.07) is 16.6. The molecule has 0 bridgehead atoms. The van der Waals surface area contributed by atoms with Crippen LogP contribution in [0.2, 0.25) is 0 Å². The predicted octanol–water partition coefficient (Wildman–Crippen LogP) is 3.04. The Morgan fingerprint density at radius 2 is 1.59 bits per heavy atom. The van der Waals surface area contributed by atoms with Crippen LogP contribution in [0.3, 0.4) is 0 Å². The summed E-state index contributed by atoms with van der Waals surface area (Å²) < 4.78 is 4.66. The number of carbonyl (C=O) groups is 2. The summed E-state index contributed by atoms with van der Waals surface area (Å²) in [5.74, 6) is -0.714. The van der Waals surface area contributed by atoms with Gasteiger partial charge in [-0.1, -0.05) is 49.4 Å². The molecule has 2 aromatic rings. The zero-order chi connectivity index (χ0) is 15.9. The fourth-order valence-corrected chi connectivity index (χ4v) is 2.16. The maximum absolute atomic E-state index is 12.2. The van der Waals surface area contributed by atoms with Gasteiger partial charge in [-0.3, -0.25) is 4.79 Å². The Morgan fingerprint density at radius 1 is 1.00 bits per heavy atom. The summed E-state index contributed by atoms with van der Waals surface area (Å²) in [5, 5.41) is 2.68. The van der Waals surface area contributed by atoms with Crippen LogP contribution < -0.4 is 5.32 Å². The maximum Gasteiger partial charge on any atom is 0.328 e. The zero-order valence-corrected chi connectivity index (χ0v) is 12.7. The van der Waals surface area contributed by atoms with Crippen LogP contribution in [0.1, 0.15) is 23.7 Å². The fraction of sp³-hybridized carbons (Fsp3) is 0.222. The summed E-state index contributed by atoms with van der Waals surface area (Å²) in [6.07, 6.45) is 0.487. The Bertz CT molecular complexity index is 635. The van der Waals surface area contributed by atoms with Crippen molar-refractivity contribution in [3.63, 3.8) is 0 Å². The van der Waals surface area contributed by atoms with Gasteiger partial charge in [0.2, 0.25) is 0 Å². The van der Waals surface area contributed by atoms with E-state index in [1.54, 1.807) is 12.1 Å². The van der Waals surface area contributed by atoms with Gasteiger partial charge >= 0.3 is 5.97 Å². The highest BCUT2D eigenvalue weighted by atomic mass is 16.5. The minimum atomic E-state index is -0.619. The van der Waals surface area contributed by atoms with Gasteiger partial charge in [0.05, 0.1) is 7.11 Å². The molecular weight excluding hydrogens is 278 g/mol. The van der Waals surface area contributed by atoms with Crippen LogP contribution in [0.15, 0.2) is 54.6 Å². The molecule has 0 spiro atoms. The number of hydrogen-bond acceptors (Lipinski definition) is 3. The molecule has 1 atom stereocenters. The Balaban J connectivity index is 2.10. The molecule has 0 saturated carbocycles. The molecule has 0 fully saturated rings. The molecule has 0 unspecified atom stereocenters. The Hall–Kier alpha value is -2.62. The minimum absolute atomic E-state index is 0.281. The van der Waals surface area contributed by atoms with E-state index >= 15 is 0 Å². The number of ether oxygens (including phenoxy) is 1. The fourth-order valence-electron chi connectivity index (χ4n) is 2.16. The number of carbonyl (C=O) groups excluding carboxylic acids is 2. The van der Waals surface area contributed by atoms with Gasteiger partial charge in [-0.15, -0.1) is 0 Å². The lowest BCUT2D eigenvalue weighted by atomic mass is 10.0. The first kappa shape index (κ1) is 15.8. The molecule has 2 rings (SSSR count). The minimum Gasteiger partial charge on any atom is -0.467 e. The van der Waals surface area contributed by atoms with Gasteiger partial charge in [0.1, 0.15) is 6.04 Å². The third kappa shape index (κ3) is 3.73. The van der Waals surface area contributed by atoms with E-state index in [1.807, 2.05) is 49.4 Å². The largest absolute Gasteiger partial charge is 0.467 e. The molecule has 4 nitrogen and oxygen atoms in total. The molecule has 0 heterocycles. The second-order valence-corrected chi connectivity index (χ2v) is 4.90. The first-order valence-electron chi connectivity index (χ1n) is 7.20. The number of benzene rings is 2. The smallest absolute Gasteiger partial charge is 0.328 e. The predicted molar refractivity (Wildman–Crippen MR) is 85.4 cm³/mol. The van der Waals surface area contributed by atoms with Gasteiger partial charge in [-0.05, 0) is 29.7 Å². The average Bonchev–Trinajstić information content (AvgIpc) is 2.59. The second-order valence-electron chi connectivity index (χ2n) is 4.90. The standard InChI is InChI=1S/C18H19NO3/c1-3-16(18(21)22-2)19-17(20)15-11-9-14(10-12-15)13-7-5-4-6-8-13/h4-12,16H,3H2,1-2H3,(H,19,20)/t16-/m1/s1. The van der Waals surface area contributed by atoms with Gasteiger partial charge in [-0.2, -0.15) is 0 Å². The lowest BCUT2D eigenvalue weighted by molar-refractivity contribution is -0.142. The molecule has 0 aromatic heterocycles. The quantitative estimate of drug-likeness (QED) is 0.863. The van der Waals surface area contributed by atoms with Crippen molar-refractivity contribution in [2.45, 2.75) is 19.4 Å². The van der Waals surface area contributed by atoms with Crippen LogP contribution in [0.5, 0.6) is 0 Å². The van der Waals surface area contributed by atoms with Crippen LogP contribution in [-0.4, -0.2) is 25.0 Å². The van der Waals surface area contributed by atoms with E-state index < -0.39 is 12.0 Å². The van der Waals surface area contributed by atoms with Gasteiger partial charge in [0.25, 0.3) is 5.91 Å². The van der Waals surface area contributed by atoms with Crippen molar-refractivity contribution in [2.75, 3.05) is 7.11 Å². The van der Waals surface area contributed by atoms with Crippen molar-refractivity contribution < 1.29 is 14.3 Å². The van der Waals surface area contributed by atoms with Crippen LogP contribution in [0.4, 0.5) is 0 Å². The number of nitrogens with one attached hydrogen (secondary N) is 1. The van der Waals surface area contributed by atoms with Crippen molar-refractivity contribution in [3.05, 3.63) is 60.2 Å². The lowest BCUT2D eigenvalue weighted by Crippen LogP contribution is -2.40. The number of hydrogen-bond donors (Lipinski definition) is 1. The number of esters is 1. The van der Waals surface area contributed by atoms with Gasteiger partial charge in [0.15, 0.2) is 0 Å². The molecule has 0 aliphatic rings. The van der Waals surface area contributed by atoms with E-state index in [2.05, 4.69) is 10.1 Å². The van der Waals surface area contributed by atoms with Crippen LogP contribution in [0, 0.1) is 0 Å². The molecule has 114 valence electrons. The second kappa shape index (κ2) is 7.41. The Morgan fingerprint density at radius 3 is 2.14 bits per heavy atom. The Kier molecular flexibility index (Phi) is 5.31. The van der Waals surface area contributed by atoms with Crippen molar-refractivity contribution in [1.29, 1.82) is 0 Å². The van der Waals surface area contributed by atoms with Gasteiger partial charge in [-0.25, -0.2) is 4.79 Å². The van der Waals surface area contributed by atoms with Crippen LogP contribution in [0.25, 0.3) is 11.1 Å². The van der Waals surface area contributed by atoms with Crippen molar-refractivity contribution >= 4 is 11.9 Å². The number of rotatable bonds is 5. The lowest BCUT2D eigenvalue weighted by Gasteiger charge is -2.14. The Labute approximate surface area is 130 Å². The molecule has 0 aliphatic carbocycles. The van der Waals surface area contributed by atoms with E-state index in [-0.39, 0.29) is 5.91 Å². The normalized spacial score (nSPS) is 11.5. The molecule has 22 heavy (non-hydrogen) atoms. The van der Waals surface area contributed by atoms with E-state index in [1.165, 1.54) is 7.11 Å². The molecule has 0 radical (unpaired) electrons. The highest BCUT2D eigenvalue weighted by molar-refractivity contribution is 5.97. The molecule has 0 aliphatic heterocycles. The van der Waals surface area contributed by atoms with Gasteiger partial charge < -0.3 is 10.1 Å². The molecule has 0 saturated heterocycles. The monoisotopic (exact) mass is 297 g/mol. The van der Waals surface area contributed by atoms with Crippen molar-refractivity contribution in [1.82, 2.24) is 5.32 Å². The number of methoxy groups -OCH3 is 1.